The number of aryl methyl sites for hydroxylation is 1. The van der Waals surface area contributed by atoms with E-state index in [0.717, 1.165) is 29.7 Å². The van der Waals surface area contributed by atoms with E-state index in [0.29, 0.717) is 24.2 Å². The molecule has 0 amide bonds. The molecule has 4 N–H and O–H groups in total. The van der Waals surface area contributed by atoms with Gasteiger partial charge in [-0.3, -0.25) is 0 Å². The highest BCUT2D eigenvalue weighted by atomic mass is 16.5. The molecule has 0 saturated carbocycles. The molecule has 146 valence electrons. The second-order valence-corrected chi connectivity index (χ2v) is 6.50. The highest BCUT2D eigenvalue weighted by molar-refractivity contribution is 5.89. The number of aromatic nitrogens is 2. The molecule has 2 aromatic rings. The maximum atomic E-state index is 11.6. The van der Waals surface area contributed by atoms with E-state index in [9.17, 15) is 9.90 Å². The Morgan fingerprint density at radius 2 is 1.96 bits per heavy atom. The van der Waals surface area contributed by atoms with E-state index in [-0.39, 0.29) is 24.6 Å². The minimum Gasteiger partial charge on any atom is -0.465 e. The minimum atomic E-state index is -0.359. The molecule has 0 aliphatic heterocycles. The molecule has 1 heterocycles. The summed E-state index contributed by atoms with van der Waals surface area (Å²) >= 11 is 0. The van der Waals surface area contributed by atoms with E-state index < -0.39 is 0 Å². The van der Waals surface area contributed by atoms with Crippen LogP contribution >= 0.6 is 0 Å². The smallest absolute Gasteiger partial charge is 0.337 e. The first-order valence-electron chi connectivity index (χ1n) is 9.16. The Kier molecular flexibility index (Phi) is 7.55. The van der Waals surface area contributed by atoms with Gasteiger partial charge in [0.1, 0.15) is 5.82 Å². The van der Waals surface area contributed by atoms with Crippen LogP contribution < -0.4 is 11.1 Å². The van der Waals surface area contributed by atoms with Crippen LogP contribution in [0, 0.1) is 6.92 Å². The number of esters is 1. The summed E-state index contributed by atoms with van der Waals surface area (Å²) in [4.78, 5) is 20.3. The lowest BCUT2D eigenvalue weighted by atomic mass is 10.0. The van der Waals surface area contributed by atoms with Crippen LogP contribution in [-0.2, 0) is 11.2 Å². The summed E-state index contributed by atoms with van der Waals surface area (Å²) in [5.74, 6) is 0.560. The summed E-state index contributed by atoms with van der Waals surface area (Å²) in [7, 11) is 1.36. The maximum absolute atomic E-state index is 11.6. The average Bonchev–Trinajstić information content (AvgIpc) is 2.65. The zero-order valence-corrected chi connectivity index (χ0v) is 16.2. The number of methoxy groups -OCH3 is 1. The van der Waals surface area contributed by atoms with Crippen molar-refractivity contribution in [3.05, 3.63) is 46.6 Å². The third kappa shape index (κ3) is 5.65. The summed E-state index contributed by atoms with van der Waals surface area (Å²) in [5, 5.41) is 12.7. The van der Waals surface area contributed by atoms with Gasteiger partial charge < -0.3 is 20.9 Å². The first kappa shape index (κ1) is 20.6. The van der Waals surface area contributed by atoms with Crippen molar-refractivity contribution in [3.63, 3.8) is 0 Å². The third-order valence-corrected chi connectivity index (χ3v) is 4.44. The Morgan fingerprint density at radius 3 is 2.56 bits per heavy atom. The van der Waals surface area contributed by atoms with Gasteiger partial charge in [-0.05, 0) is 37.5 Å². The molecule has 27 heavy (non-hydrogen) atoms. The van der Waals surface area contributed by atoms with Crippen LogP contribution in [0.1, 0.15) is 53.4 Å². The Balaban J connectivity index is 2.28. The molecule has 1 aromatic carbocycles. The van der Waals surface area contributed by atoms with Gasteiger partial charge in [-0.2, -0.15) is 4.98 Å². The summed E-state index contributed by atoms with van der Waals surface area (Å²) < 4.78 is 4.73. The van der Waals surface area contributed by atoms with Crippen LogP contribution in [0.15, 0.2) is 24.3 Å². The fourth-order valence-corrected chi connectivity index (χ4v) is 3.02. The standard InChI is InChI=1S/C20H28N4O3/c1-4-5-16(10-11-25)23-18-17(13(2)22-20(21)24-18)12-14-6-8-15(9-7-14)19(26)27-3/h6-9,16,25H,4-5,10-12H2,1-3H3,(H3,21,22,23,24)/t16-/m0/s1. The monoisotopic (exact) mass is 372 g/mol. The van der Waals surface area contributed by atoms with Crippen LogP contribution in [0.4, 0.5) is 11.8 Å². The van der Waals surface area contributed by atoms with Crippen molar-refractivity contribution in [2.45, 2.75) is 45.6 Å². The highest BCUT2D eigenvalue weighted by Crippen LogP contribution is 2.23. The Bertz CT molecular complexity index is 757. The van der Waals surface area contributed by atoms with Gasteiger partial charge in [-0.1, -0.05) is 25.5 Å². The number of carbonyl (C=O) groups excluding carboxylic acids is 1. The van der Waals surface area contributed by atoms with Crippen molar-refractivity contribution in [1.29, 1.82) is 0 Å². The fraction of sp³-hybridized carbons (Fsp3) is 0.450. The van der Waals surface area contributed by atoms with Gasteiger partial charge in [0, 0.05) is 30.3 Å². The molecule has 7 heteroatoms. The largest absolute Gasteiger partial charge is 0.465 e. The van der Waals surface area contributed by atoms with Gasteiger partial charge in [0.25, 0.3) is 0 Å². The van der Waals surface area contributed by atoms with E-state index in [4.69, 9.17) is 10.5 Å². The van der Waals surface area contributed by atoms with Crippen LogP contribution in [0.3, 0.4) is 0 Å². The number of benzene rings is 1. The van der Waals surface area contributed by atoms with Crippen molar-refractivity contribution in [2.24, 2.45) is 0 Å². The molecular weight excluding hydrogens is 344 g/mol. The normalized spacial score (nSPS) is 11.9. The summed E-state index contributed by atoms with van der Waals surface area (Å²) in [6.45, 7) is 4.12. The van der Waals surface area contributed by atoms with Gasteiger partial charge in [-0.15, -0.1) is 0 Å². The molecule has 0 aliphatic carbocycles. The molecule has 0 unspecified atom stereocenters. The lowest BCUT2D eigenvalue weighted by Crippen LogP contribution is -2.23. The SMILES string of the molecule is CCC[C@@H](CCO)Nc1nc(N)nc(C)c1Cc1ccc(C(=O)OC)cc1. The van der Waals surface area contributed by atoms with E-state index >= 15 is 0 Å². The third-order valence-electron chi connectivity index (χ3n) is 4.44. The molecule has 0 bridgehead atoms. The molecule has 0 fully saturated rings. The number of hydrogen-bond donors (Lipinski definition) is 3. The zero-order chi connectivity index (χ0) is 19.8. The van der Waals surface area contributed by atoms with Gasteiger partial charge in [-0.25, -0.2) is 9.78 Å². The molecule has 1 atom stereocenters. The number of ether oxygens (including phenoxy) is 1. The first-order chi connectivity index (χ1) is 13.0. The summed E-state index contributed by atoms with van der Waals surface area (Å²) in [5.41, 5.74) is 9.14. The quantitative estimate of drug-likeness (QED) is 0.580. The number of nitrogens with zero attached hydrogens (tertiary/aromatic N) is 2. The van der Waals surface area contributed by atoms with E-state index in [2.05, 4.69) is 22.2 Å². The fourth-order valence-electron chi connectivity index (χ4n) is 3.02. The Morgan fingerprint density at radius 1 is 1.26 bits per heavy atom. The van der Waals surface area contributed by atoms with Gasteiger partial charge in [0.15, 0.2) is 0 Å². The van der Waals surface area contributed by atoms with E-state index in [1.807, 2.05) is 19.1 Å². The Labute approximate surface area is 160 Å². The van der Waals surface area contributed by atoms with Crippen LogP contribution in [0.5, 0.6) is 0 Å². The van der Waals surface area contributed by atoms with Crippen molar-refractivity contribution in [3.8, 4) is 0 Å². The number of anilines is 2. The molecule has 0 spiro atoms. The van der Waals surface area contributed by atoms with Gasteiger partial charge in [0.2, 0.25) is 5.95 Å². The minimum absolute atomic E-state index is 0.113. The number of rotatable bonds is 9. The zero-order valence-electron chi connectivity index (χ0n) is 16.2. The molecule has 0 saturated heterocycles. The predicted octanol–water partition coefficient (Wildman–Crippen LogP) is 2.71. The lowest BCUT2D eigenvalue weighted by molar-refractivity contribution is 0.0600. The molecule has 7 nitrogen and oxygen atoms in total. The van der Waals surface area contributed by atoms with Crippen molar-refractivity contribution < 1.29 is 14.6 Å². The van der Waals surface area contributed by atoms with Crippen molar-refractivity contribution in [2.75, 3.05) is 24.8 Å². The second kappa shape index (κ2) is 9.87. The highest BCUT2D eigenvalue weighted by Gasteiger charge is 2.16. The van der Waals surface area contributed by atoms with Gasteiger partial charge >= 0.3 is 5.97 Å². The van der Waals surface area contributed by atoms with Crippen LogP contribution in [-0.4, -0.2) is 40.8 Å². The first-order valence-corrected chi connectivity index (χ1v) is 9.16. The second-order valence-electron chi connectivity index (χ2n) is 6.50. The number of carbonyl (C=O) groups is 1. The van der Waals surface area contributed by atoms with Crippen LogP contribution in [0.2, 0.25) is 0 Å². The number of nitrogens with one attached hydrogen (secondary N) is 1. The predicted molar refractivity (Wildman–Crippen MR) is 106 cm³/mol. The maximum Gasteiger partial charge on any atom is 0.337 e. The van der Waals surface area contributed by atoms with E-state index in [1.165, 1.54) is 7.11 Å². The number of aliphatic hydroxyl groups excluding tert-OH is 1. The molecule has 1 aromatic heterocycles. The number of nitrogens with two attached hydrogens (primary N) is 1. The molecule has 2 rings (SSSR count). The molecular formula is C20H28N4O3. The summed E-state index contributed by atoms with van der Waals surface area (Å²) in [6, 6.07) is 7.39. The number of nitrogen functional groups attached to an aromatic ring is 1. The molecule has 0 radical (unpaired) electrons. The molecule has 0 aliphatic rings. The van der Waals surface area contributed by atoms with Crippen molar-refractivity contribution >= 4 is 17.7 Å². The van der Waals surface area contributed by atoms with Crippen LogP contribution in [0.25, 0.3) is 0 Å². The number of hydrogen-bond acceptors (Lipinski definition) is 7. The van der Waals surface area contributed by atoms with E-state index in [1.54, 1.807) is 12.1 Å². The topological polar surface area (TPSA) is 110 Å². The van der Waals surface area contributed by atoms with Crippen molar-refractivity contribution in [1.82, 2.24) is 9.97 Å². The summed E-state index contributed by atoms with van der Waals surface area (Å²) in [6.07, 6.45) is 3.18. The van der Waals surface area contributed by atoms with Gasteiger partial charge in [0.05, 0.1) is 12.7 Å². The Hall–Kier alpha value is -2.67. The number of aliphatic hydroxyl groups is 1. The lowest BCUT2D eigenvalue weighted by Gasteiger charge is -2.21. The average molecular weight is 372 g/mol.